The molecule has 0 aromatic heterocycles. The number of nitrogens with zero attached hydrogens (tertiary/aromatic N) is 2. The Kier molecular flexibility index (Phi) is 5.69. The first-order valence-electron chi connectivity index (χ1n) is 6.70. The Morgan fingerprint density at radius 1 is 1.48 bits per heavy atom. The highest BCUT2D eigenvalue weighted by Crippen LogP contribution is 2.24. The lowest BCUT2D eigenvalue weighted by atomic mass is 9.94. The summed E-state index contributed by atoms with van der Waals surface area (Å²) in [7, 11) is 0. The van der Waals surface area contributed by atoms with E-state index in [-0.39, 0.29) is 41.5 Å². The van der Waals surface area contributed by atoms with Gasteiger partial charge in [-0.1, -0.05) is 13.0 Å². The van der Waals surface area contributed by atoms with Gasteiger partial charge in [-0.2, -0.15) is 0 Å². The van der Waals surface area contributed by atoms with Gasteiger partial charge in [-0.05, 0) is 30.9 Å². The van der Waals surface area contributed by atoms with Gasteiger partial charge in [-0.3, -0.25) is 14.9 Å². The number of benzene rings is 1. The average molecular weight is 314 g/mol. The SMILES string of the molecule is Cc1ccc([N+](=O)[O-])c(C(=O)N2CCC(N)C(C)C2)c1.Cl. The molecule has 1 aliphatic rings. The van der Waals surface area contributed by atoms with E-state index in [4.69, 9.17) is 5.73 Å². The van der Waals surface area contributed by atoms with Gasteiger partial charge in [-0.25, -0.2) is 0 Å². The molecule has 1 aromatic rings. The van der Waals surface area contributed by atoms with Crippen LogP contribution in [0.2, 0.25) is 0 Å². The van der Waals surface area contributed by atoms with Crippen LogP contribution in [0.3, 0.4) is 0 Å². The number of likely N-dealkylation sites (tertiary alicyclic amines) is 1. The minimum Gasteiger partial charge on any atom is -0.338 e. The van der Waals surface area contributed by atoms with Gasteiger partial charge in [0.1, 0.15) is 5.56 Å². The van der Waals surface area contributed by atoms with Crippen LogP contribution in [-0.2, 0) is 0 Å². The van der Waals surface area contributed by atoms with Crippen molar-refractivity contribution < 1.29 is 9.72 Å². The molecular weight excluding hydrogens is 294 g/mol. The van der Waals surface area contributed by atoms with Crippen LogP contribution in [0.5, 0.6) is 0 Å². The van der Waals surface area contributed by atoms with Crippen LogP contribution >= 0.6 is 12.4 Å². The van der Waals surface area contributed by atoms with E-state index in [0.717, 1.165) is 12.0 Å². The van der Waals surface area contributed by atoms with E-state index in [2.05, 4.69) is 0 Å². The summed E-state index contributed by atoms with van der Waals surface area (Å²) in [6, 6.07) is 4.71. The summed E-state index contributed by atoms with van der Waals surface area (Å²) in [4.78, 5) is 24.7. The fourth-order valence-electron chi connectivity index (χ4n) is 2.50. The maximum atomic E-state index is 12.5. The van der Waals surface area contributed by atoms with Crippen molar-refractivity contribution in [2.24, 2.45) is 11.7 Å². The number of piperidine rings is 1. The number of nitrogens with two attached hydrogens (primary N) is 1. The molecule has 0 saturated carbocycles. The lowest BCUT2D eigenvalue weighted by Gasteiger charge is -2.35. The summed E-state index contributed by atoms with van der Waals surface area (Å²) in [6.07, 6.45) is 0.729. The predicted octanol–water partition coefficient (Wildman–Crippen LogP) is 2.13. The van der Waals surface area contributed by atoms with E-state index in [9.17, 15) is 14.9 Å². The lowest BCUT2D eigenvalue weighted by molar-refractivity contribution is -0.385. The molecule has 0 spiro atoms. The molecule has 2 unspecified atom stereocenters. The van der Waals surface area contributed by atoms with Gasteiger partial charge >= 0.3 is 0 Å². The molecule has 7 heteroatoms. The van der Waals surface area contributed by atoms with Gasteiger partial charge in [0.05, 0.1) is 4.92 Å². The summed E-state index contributed by atoms with van der Waals surface area (Å²) < 4.78 is 0. The Balaban J connectivity index is 0.00000220. The van der Waals surface area contributed by atoms with Crippen LogP contribution in [0.15, 0.2) is 18.2 Å². The number of carbonyl (C=O) groups is 1. The average Bonchev–Trinajstić information content (AvgIpc) is 2.40. The topological polar surface area (TPSA) is 89.5 Å². The van der Waals surface area contributed by atoms with Crippen molar-refractivity contribution in [1.29, 1.82) is 0 Å². The van der Waals surface area contributed by atoms with E-state index in [1.54, 1.807) is 17.0 Å². The Labute approximate surface area is 129 Å². The number of amides is 1. The number of nitro benzene ring substituents is 1. The summed E-state index contributed by atoms with van der Waals surface area (Å²) in [5.41, 5.74) is 6.80. The van der Waals surface area contributed by atoms with Crippen LogP contribution in [0.25, 0.3) is 0 Å². The van der Waals surface area contributed by atoms with Crippen molar-refractivity contribution in [3.63, 3.8) is 0 Å². The van der Waals surface area contributed by atoms with Crippen molar-refractivity contribution in [3.05, 3.63) is 39.4 Å². The van der Waals surface area contributed by atoms with E-state index < -0.39 is 4.92 Å². The number of halogens is 1. The Morgan fingerprint density at radius 2 is 2.14 bits per heavy atom. The van der Waals surface area contributed by atoms with Gasteiger partial charge in [0.15, 0.2) is 0 Å². The summed E-state index contributed by atoms with van der Waals surface area (Å²) in [5, 5.41) is 11.1. The quantitative estimate of drug-likeness (QED) is 0.669. The molecule has 1 aliphatic heterocycles. The first-order valence-corrected chi connectivity index (χ1v) is 6.70. The number of nitro groups is 1. The zero-order chi connectivity index (χ0) is 14.9. The Bertz CT molecular complexity index is 550. The molecule has 1 fully saturated rings. The maximum Gasteiger partial charge on any atom is 0.282 e. The predicted molar refractivity (Wildman–Crippen MR) is 82.7 cm³/mol. The smallest absolute Gasteiger partial charge is 0.282 e. The minimum absolute atomic E-state index is 0. The first-order chi connectivity index (χ1) is 9.40. The van der Waals surface area contributed by atoms with Crippen molar-refractivity contribution in [2.75, 3.05) is 13.1 Å². The molecule has 1 aromatic carbocycles. The molecule has 0 aliphatic carbocycles. The van der Waals surface area contributed by atoms with Gasteiger partial charge in [0, 0.05) is 25.2 Å². The Hall–Kier alpha value is -1.66. The molecule has 2 N–H and O–H groups in total. The van der Waals surface area contributed by atoms with Gasteiger partial charge < -0.3 is 10.6 Å². The number of aryl methyl sites for hydroxylation is 1. The molecule has 1 saturated heterocycles. The van der Waals surface area contributed by atoms with Crippen molar-refractivity contribution >= 4 is 24.0 Å². The fourth-order valence-corrected chi connectivity index (χ4v) is 2.50. The van der Waals surface area contributed by atoms with Crippen LogP contribution in [0.1, 0.15) is 29.3 Å². The van der Waals surface area contributed by atoms with Crippen molar-refractivity contribution in [3.8, 4) is 0 Å². The zero-order valence-electron chi connectivity index (χ0n) is 12.1. The number of hydrogen-bond donors (Lipinski definition) is 1. The highest BCUT2D eigenvalue weighted by molar-refractivity contribution is 5.98. The van der Waals surface area contributed by atoms with Gasteiger partial charge in [-0.15, -0.1) is 12.4 Å². The van der Waals surface area contributed by atoms with Crippen molar-refractivity contribution in [1.82, 2.24) is 4.90 Å². The molecule has 0 radical (unpaired) electrons. The standard InChI is InChI=1S/C14H19N3O3.ClH/c1-9-3-4-13(17(19)20)11(7-9)14(18)16-6-5-12(15)10(2)8-16;/h3-4,7,10,12H,5-6,8,15H2,1-2H3;1H. The largest absolute Gasteiger partial charge is 0.338 e. The van der Waals surface area contributed by atoms with E-state index in [1.165, 1.54) is 6.07 Å². The van der Waals surface area contributed by atoms with Gasteiger partial charge in [0.2, 0.25) is 0 Å². The fraction of sp³-hybridized carbons (Fsp3) is 0.500. The second-order valence-corrected chi connectivity index (χ2v) is 5.46. The minimum atomic E-state index is -0.508. The molecule has 1 amide bonds. The molecular formula is C14H20ClN3O3. The number of carbonyl (C=O) groups excluding carboxylic acids is 1. The molecule has 2 rings (SSSR count). The second-order valence-electron chi connectivity index (χ2n) is 5.46. The highest BCUT2D eigenvalue weighted by Gasteiger charge is 2.30. The van der Waals surface area contributed by atoms with E-state index >= 15 is 0 Å². The highest BCUT2D eigenvalue weighted by atomic mass is 35.5. The maximum absolute atomic E-state index is 12.5. The molecule has 2 atom stereocenters. The Morgan fingerprint density at radius 3 is 2.71 bits per heavy atom. The summed E-state index contributed by atoms with van der Waals surface area (Å²) >= 11 is 0. The van der Waals surface area contributed by atoms with Crippen LogP contribution in [-0.4, -0.2) is 34.9 Å². The van der Waals surface area contributed by atoms with E-state index in [0.29, 0.717) is 13.1 Å². The van der Waals surface area contributed by atoms with E-state index in [1.807, 2.05) is 13.8 Å². The summed E-state index contributed by atoms with van der Waals surface area (Å²) in [6.45, 7) is 4.91. The third kappa shape index (κ3) is 3.71. The normalized spacial score (nSPS) is 21.6. The number of rotatable bonds is 2. The third-order valence-corrected chi connectivity index (χ3v) is 3.84. The zero-order valence-corrected chi connectivity index (χ0v) is 12.9. The molecule has 116 valence electrons. The first kappa shape index (κ1) is 17.4. The lowest BCUT2D eigenvalue weighted by Crippen LogP contribution is -2.48. The van der Waals surface area contributed by atoms with Crippen molar-refractivity contribution in [2.45, 2.75) is 26.3 Å². The molecule has 21 heavy (non-hydrogen) atoms. The molecule has 0 bridgehead atoms. The number of hydrogen-bond acceptors (Lipinski definition) is 4. The third-order valence-electron chi connectivity index (χ3n) is 3.84. The molecule has 6 nitrogen and oxygen atoms in total. The summed E-state index contributed by atoms with van der Waals surface area (Å²) in [5.74, 6) is -0.0734. The second kappa shape index (κ2) is 6.87. The monoisotopic (exact) mass is 313 g/mol. The van der Waals surface area contributed by atoms with Crippen LogP contribution in [0, 0.1) is 23.0 Å². The van der Waals surface area contributed by atoms with Crippen LogP contribution in [0.4, 0.5) is 5.69 Å². The van der Waals surface area contributed by atoms with Gasteiger partial charge in [0.25, 0.3) is 11.6 Å². The molecule has 1 heterocycles. The van der Waals surface area contributed by atoms with Crippen LogP contribution < -0.4 is 5.73 Å².